The van der Waals surface area contributed by atoms with Crippen LogP contribution in [0.5, 0.6) is 0 Å². The molecular formula is C19H25F3N6O3. The van der Waals surface area contributed by atoms with Crippen molar-refractivity contribution in [3.8, 4) is 0 Å². The first kappa shape index (κ1) is 22.8. The number of carbonyl (C=O) groups excluding carboxylic acids is 1. The molecule has 2 aliphatic rings. The van der Waals surface area contributed by atoms with Crippen LogP contribution in [0.25, 0.3) is 0 Å². The summed E-state index contributed by atoms with van der Waals surface area (Å²) in [5, 5.41) is 14.7. The van der Waals surface area contributed by atoms with Gasteiger partial charge in [-0.25, -0.2) is 9.78 Å². The van der Waals surface area contributed by atoms with Gasteiger partial charge in [-0.05, 0) is 25.8 Å². The van der Waals surface area contributed by atoms with Crippen LogP contribution in [0.1, 0.15) is 41.5 Å². The number of fused-ring (bicyclic) bond motifs is 1. The Hall–Kier alpha value is -2.89. The molecule has 2 N–H and O–H groups in total. The van der Waals surface area contributed by atoms with E-state index in [2.05, 4.69) is 26.4 Å². The number of hydrogen-bond acceptors (Lipinski definition) is 5. The third-order valence-corrected chi connectivity index (χ3v) is 5.17. The highest BCUT2D eigenvalue weighted by Crippen LogP contribution is 2.30. The molecule has 2 aromatic rings. The SMILES string of the molecule is Cc1cc(CN2Cc3ncn(C)c3C(C(=O)NC3CC3)C2)n(C)n1.O=C(O)C(F)(F)F. The lowest BCUT2D eigenvalue weighted by Gasteiger charge is -2.32. The molecule has 3 heterocycles. The number of imidazole rings is 1. The van der Waals surface area contributed by atoms with E-state index in [1.165, 1.54) is 0 Å². The molecule has 1 unspecified atom stereocenters. The largest absolute Gasteiger partial charge is 0.490 e. The number of nitrogens with zero attached hydrogens (tertiary/aromatic N) is 5. The average molecular weight is 442 g/mol. The lowest BCUT2D eigenvalue weighted by molar-refractivity contribution is -0.192. The number of carbonyl (C=O) groups is 2. The number of aryl methyl sites for hydroxylation is 3. The fourth-order valence-corrected chi connectivity index (χ4v) is 3.58. The van der Waals surface area contributed by atoms with Crippen LogP contribution < -0.4 is 5.32 Å². The number of nitrogens with one attached hydrogen (secondary N) is 1. The van der Waals surface area contributed by atoms with Gasteiger partial charge in [0.2, 0.25) is 5.91 Å². The van der Waals surface area contributed by atoms with Crippen LogP contribution in [0.4, 0.5) is 13.2 Å². The highest BCUT2D eigenvalue weighted by molar-refractivity contribution is 5.84. The number of aliphatic carboxylic acids is 1. The van der Waals surface area contributed by atoms with Gasteiger partial charge < -0.3 is 15.0 Å². The van der Waals surface area contributed by atoms with Crippen molar-refractivity contribution < 1.29 is 27.9 Å². The van der Waals surface area contributed by atoms with E-state index in [1.54, 1.807) is 0 Å². The number of carboxylic acids is 1. The van der Waals surface area contributed by atoms with E-state index in [0.29, 0.717) is 6.04 Å². The number of amides is 1. The lowest BCUT2D eigenvalue weighted by atomic mass is 9.97. The quantitative estimate of drug-likeness (QED) is 0.743. The van der Waals surface area contributed by atoms with E-state index in [9.17, 15) is 18.0 Å². The zero-order valence-electron chi connectivity index (χ0n) is 17.5. The van der Waals surface area contributed by atoms with Crippen molar-refractivity contribution in [3.05, 3.63) is 35.2 Å². The second-order valence-electron chi connectivity index (χ2n) is 7.90. The van der Waals surface area contributed by atoms with E-state index < -0.39 is 12.1 Å². The van der Waals surface area contributed by atoms with Crippen molar-refractivity contribution in [1.82, 2.24) is 29.5 Å². The maximum Gasteiger partial charge on any atom is 0.490 e. The Morgan fingerprint density at radius 3 is 2.45 bits per heavy atom. The summed E-state index contributed by atoms with van der Waals surface area (Å²) >= 11 is 0. The van der Waals surface area contributed by atoms with Gasteiger partial charge in [0.05, 0.1) is 35.0 Å². The summed E-state index contributed by atoms with van der Waals surface area (Å²) in [7, 11) is 3.94. The molecule has 9 nitrogen and oxygen atoms in total. The number of halogens is 3. The minimum atomic E-state index is -5.08. The summed E-state index contributed by atoms with van der Waals surface area (Å²) in [4.78, 5) is 28.4. The van der Waals surface area contributed by atoms with Crippen LogP contribution in [0.2, 0.25) is 0 Å². The third kappa shape index (κ3) is 5.63. The Kier molecular flexibility index (Phi) is 6.39. The Labute approximate surface area is 176 Å². The van der Waals surface area contributed by atoms with Crippen molar-refractivity contribution in [2.75, 3.05) is 6.54 Å². The van der Waals surface area contributed by atoms with Crippen LogP contribution in [0, 0.1) is 6.92 Å². The summed E-state index contributed by atoms with van der Waals surface area (Å²) in [5.74, 6) is -2.78. The topological polar surface area (TPSA) is 105 Å². The Balaban J connectivity index is 0.000000339. The molecular weight excluding hydrogens is 417 g/mol. The zero-order chi connectivity index (χ0) is 22.9. The van der Waals surface area contributed by atoms with Crippen molar-refractivity contribution in [2.24, 2.45) is 14.1 Å². The van der Waals surface area contributed by atoms with Gasteiger partial charge in [-0.15, -0.1) is 0 Å². The molecule has 0 saturated heterocycles. The molecule has 0 radical (unpaired) electrons. The minimum absolute atomic E-state index is 0.133. The normalized spacial score (nSPS) is 18.7. The number of alkyl halides is 3. The molecule has 2 aromatic heterocycles. The maximum absolute atomic E-state index is 12.7. The Morgan fingerprint density at radius 1 is 1.29 bits per heavy atom. The summed E-state index contributed by atoms with van der Waals surface area (Å²) in [6.07, 6.45) is -1.05. The van der Waals surface area contributed by atoms with Gasteiger partial charge in [0.25, 0.3) is 0 Å². The second-order valence-corrected chi connectivity index (χ2v) is 7.90. The molecule has 4 rings (SSSR count). The van der Waals surface area contributed by atoms with Gasteiger partial charge in [-0.1, -0.05) is 0 Å². The van der Waals surface area contributed by atoms with Gasteiger partial charge in [0.15, 0.2) is 0 Å². The molecule has 0 spiro atoms. The van der Waals surface area contributed by atoms with Crippen LogP contribution in [0.15, 0.2) is 12.4 Å². The first-order valence-electron chi connectivity index (χ1n) is 9.78. The summed E-state index contributed by atoms with van der Waals surface area (Å²) in [6.45, 7) is 4.27. The number of rotatable bonds is 4. The predicted molar refractivity (Wildman–Crippen MR) is 103 cm³/mol. The van der Waals surface area contributed by atoms with E-state index in [-0.39, 0.29) is 11.8 Å². The molecule has 1 aliphatic heterocycles. The first-order valence-corrected chi connectivity index (χ1v) is 9.78. The molecule has 1 atom stereocenters. The molecule has 170 valence electrons. The molecule has 12 heteroatoms. The van der Waals surface area contributed by atoms with Crippen LogP contribution in [-0.2, 0) is 36.8 Å². The van der Waals surface area contributed by atoms with Gasteiger partial charge >= 0.3 is 12.1 Å². The van der Waals surface area contributed by atoms with Crippen molar-refractivity contribution in [2.45, 2.75) is 51.0 Å². The van der Waals surface area contributed by atoms with Crippen LogP contribution in [0.3, 0.4) is 0 Å². The van der Waals surface area contributed by atoms with E-state index in [1.807, 2.05) is 36.6 Å². The average Bonchev–Trinajstić information content (AvgIpc) is 3.32. The van der Waals surface area contributed by atoms with Crippen molar-refractivity contribution in [3.63, 3.8) is 0 Å². The third-order valence-electron chi connectivity index (χ3n) is 5.17. The second kappa shape index (κ2) is 8.69. The maximum atomic E-state index is 12.7. The van der Waals surface area contributed by atoms with Crippen LogP contribution >= 0.6 is 0 Å². The summed E-state index contributed by atoms with van der Waals surface area (Å²) in [6, 6.07) is 2.48. The van der Waals surface area contributed by atoms with Crippen molar-refractivity contribution >= 4 is 11.9 Å². The van der Waals surface area contributed by atoms with Gasteiger partial charge in [0.1, 0.15) is 0 Å². The van der Waals surface area contributed by atoms with Crippen LogP contribution in [-0.4, -0.2) is 60.0 Å². The summed E-state index contributed by atoms with van der Waals surface area (Å²) in [5.41, 5.74) is 4.25. The number of aromatic nitrogens is 4. The molecule has 1 aliphatic carbocycles. The molecule has 1 saturated carbocycles. The Morgan fingerprint density at radius 2 is 1.94 bits per heavy atom. The Bertz CT molecular complexity index is 964. The smallest absolute Gasteiger partial charge is 0.475 e. The molecule has 0 bridgehead atoms. The van der Waals surface area contributed by atoms with Gasteiger partial charge in [0, 0.05) is 39.8 Å². The molecule has 0 aromatic carbocycles. The molecule has 1 amide bonds. The summed E-state index contributed by atoms with van der Waals surface area (Å²) < 4.78 is 35.7. The highest BCUT2D eigenvalue weighted by atomic mass is 19.4. The van der Waals surface area contributed by atoms with E-state index in [4.69, 9.17) is 9.90 Å². The molecule has 1 fully saturated rings. The number of carboxylic acid groups (broad SMARTS) is 1. The first-order chi connectivity index (χ1) is 14.5. The zero-order valence-corrected chi connectivity index (χ0v) is 17.5. The van der Waals surface area contributed by atoms with Gasteiger partial charge in [-0.3, -0.25) is 14.4 Å². The fraction of sp³-hybridized carbons (Fsp3) is 0.579. The lowest BCUT2D eigenvalue weighted by Crippen LogP contribution is -2.42. The minimum Gasteiger partial charge on any atom is -0.475 e. The monoisotopic (exact) mass is 442 g/mol. The standard InChI is InChI=1S/C17H24N6O.C2HF3O2/c1-11-6-13(22(3)20-11)7-23-8-14(17(24)19-12-4-5-12)16-15(9-23)18-10-21(16)2;3-2(4,5)1(6)7/h6,10,12,14H,4-5,7-9H2,1-3H3,(H,19,24);(H,6,7). The van der Waals surface area contributed by atoms with E-state index >= 15 is 0 Å². The molecule has 31 heavy (non-hydrogen) atoms. The predicted octanol–water partition coefficient (Wildman–Crippen LogP) is 1.47. The van der Waals surface area contributed by atoms with E-state index in [0.717, 1.165) is 55.3 Å². The number of hydrogen-bond donors (Lipinski definition) is 2. The fourth-order valence-electron chi connectivity index (χ4n) is 3.58. The van der Waals surface area contributed by atoms with Crippen molar-refractivity contribution in [1.29, 1.82) is 0 Å². The highest BCUT2D eigenvalue weighted by Gasteiger charge is 2.38. The van der Waals surface area contributed by atoms with Gasteiger partial charge in [-0.2, -0.15) is 18.3 Å².